The molecule has 5 atom stereocenters. The third-order valence-electron chi connectivity index (χ3n) is 6.19. The molecule has 0 radical (unpaired) electrons. The summed E-state index contributed by atoms with van der Waals surface area (Å²) < 4.78 is 41.4. The Labute approximate surface area is 199 Å². The molecule has 0 bridgehead atoms. The van der Waals surface area contributed by atoms with Gasteiger partial charge in [0.25, 0.3) is 5.91 Å². The monoisotopic (exact) mass is 487 g/mol. The number of anilines is 1. The highest BCUT2D eigenvalue weighted by molar-refractivity contribution is 6.08. The smallest absolute Gasteiger partial charge is 0.275 e. The molecule has 2 aromatic heterocycles. The number of likely N-dealkylation sites (tertiary alicyclic amines) is 1. The van der Waals surface area contributed by atoms with Crippen LogP contribution in [0.5, 0.6) is 0 Å². The number of carbonyl (C=O) groups is 1. The van der Waals surface area contributed by atoms with Crippen molar-refractivity contribution in [1.29, 1.82) is 5.26 Å². The van der Waals surface area contributed by atoms with Crippen LogP contribution in [-0.2, 0) is 0 Å². The summed E-state index contributed by atoms with van der Waals surface area (Å²) in [5, 5.41) is 29.5. The molecular formula is C23H24F3N7O2. The highest BCUT2D eigenvalue weighted by Crippen LogP contribution is 2.33. The number of nitriles is 1. The highest BCUT2D eigenvalue weighted by atomic mass is 19.1. The van der Waals surface area contributed by atoms with Gasteiger partial charge in [-0.1, -0.05) is 6.58 Å². The van der Waals surface area contributed by atoms with Gasteiger partial charge in [0.2, 0.25) is 0 Å². The normalized spacial score (nSPS) is 27.3. The van der Waals surface area contributed by atoms with E-state index in [9.17, 15) is 23.1 Å². The summed E-state index contributed by atoms with van der Waals surface area (Å²) >= 11 is 0. The van der Waals surface area contributed by atoms with E-state index in [2.05, 4.69) is 38.1 Å². The number of nitrogens with one attached hydrogen (secondary N) is 2. The first-order valence-electron chi connectivity index (χ1n) is 11.1. The van der Waals surface area contributed by atoms with Crippen LogP contribution in [0.2, 0.25) is 0 Å². The second-order valence-electron chi connectivity index (χ2n) is 8.78. The van der Waals surface area contributed by atoms with Crippen LogP contribution in [0.4, 0.5) is 19.0 Å². The average Bonchev–Trinajstić information content (AvgIpc) is 3.50. The first-order chi connectivity index (χ1) is 16.7. The van der Waals surface area contributed by atoms with Crippen molar-refractivity contribution in [3.05, 3.63) is 48.0 Å². The molecule has 0 unspecified atom stereocenters. The van der Waals surface area contributed by atoms with Gasteiger partial charge in [-0.2, -0.15) is 10.4 Å². The Morgan fingerprint density at radius 1 is 1.34 bits per heavy atom. The minimum atomic E-state index is -1.37. The van der Waals surface area contributed by atoms with E-state index in [0.717, 1.165) is 13.0 Å². The van der Waals surface area contributed by atoms with E-state index in [1.807, 2.05) is 0 Å². The topological polar surface area (TPSA) is 131 Å². The van der Waals surface area contributed by atoms with Gasteiger partial charge in [-0.15, -0.1) is 0 Å². The Morgan fingerprint density at radius 3 is 2.80 bits per heavy atom. The van der Waals surface area contributed by atoms with E-state index in [1.54, 1.807) is 0 Å². The molecule has 0 spiro atoms. The summed E-state index contributed by atoms with van der Waals surface area (Å²) in [6.07, 6.45) is 1.36. The Morgan fingerprint density at radius 2 is 2.11 bits per heavy atom. The van der Waals surface area contributed by atoms with Gasteiger partial charge in [-0.3, -0.25) is 9.89 Å². The molecular weight excluding hydrogens is 463 g/mol. The van der Waals surface area contributed by atoms with Crippen molar-refractivity contribution in [2.75, 3.05) is 11.9 Å². The van der Waals surface area contributed by atoms with Gasteiger partial charge in [0.1, 0.15) is 24.1 Å². The molecule has 1 amide bonds. The van der Waals surface area contributed by atoms with Gasteiger partial charge in [0.05, 0.1) is 47.9 Å². The zero-order valence-electron chi connectivity index (χ0n) is 18.9. The van der Waals surface area contributed by atoms with Crippen LogP contribution in [0.25, 0.3) is 11.0 Å². The number of alkyl halides is 1. The highest BCUT2D eigenvalue weighted by Gasteiger charge is 2.39. The van der Waals surface area contributed by atoms with Crippen LogP contribution in [0.3, 0.4) is 0 Å². The largest absolute Gasteiger partial charge is 0.391 e. The molecule has 2 fully saturated rings. The lowest BCUT2D eigenvalue weighted by Crippen LogP contribution is -2.37. The van der Waals surface area contributed by atoms with E-state index in [-0.39, 0.29) is 47.0 Å². The molecule has 1 saturated carbocycles. The Bertz CT molecular complexity index is 1250. The third kappa shape index (κ3) is 5.05. The van der Waals surface area contributed by atoms with Crippen LogP contribution < -0.4 is 5.32 Å². The maximum absolute atomic E-state index is 14.4. The summed E-state index contributed by atoms with van der Waals surface area (Å²) in [7, 11) is 0. The number of hydrogen-bond acceptors (Lipinski definition) is 7. The summed E-state index contributed by atoms with van der Waals surface area (Å²) in [6, 6.07) is 0.810. The number of nitrogens with zero attached hydrogens (tertiary/aromatic N) is 5. The second kappa shape index (κ2) is 9.87. The molecule has 1 aliphatic heterocycles. The molecule has 184 valence electrons. The number of carbonyl (C=O) groups excluding carboxylic acids is 1. The molecule has 2 aromatic rings. The number of amides is 1. The quantitative estimate of drug-likeness (QED) is 0.533. The van der Waals surface area contributed by atoms with Crippen molar-refractivity contribution in [3.63, 3.8) is 0 Å². The van der Waals surface area contributed by atoms with Gasteiger partial charge in [-0.25, -0.2) is 23.1 Å². The Balaban J connectivity index is 1.64. The van der Waals surface area contributed by atoms with Crippen LogP contribution >= 0.6 is 0 Å². The number of fused-ring (bicyclic) bond motifs is 1. The van der Waals surface area contributed by atoms with Crippen LogP contribution in [0, 0.1) is 17.2 Å². The van der Waals surface area contributed by atoms with Crippen molar-refractivity contribution in [2.24, 2.45) is 5.92 Å². The predicted octanol–water partition coefficient (Wildman–Crippen LogP) is 3.26. The number of rotatable bonds is 6. The summed E-state index contributed by atoms with van der Waals surface area (Å²) in [5.41, 5.74) is 0.277. The third-order valence-corrected chi connectivity index (χ3v) is 6.19. The number of hydrogen-bond donors (Lipinski definition) is 3. The molecule has 1 saturated heterocycles. The molecule has 3 N–H and O–H groups in total. The molecule has 1 aliphatic carbocycles. The van der Waals surface area contributed by atoms with Crippen LogP contribution in [0.1, 0.15) is 36.7 Å². The Kier molecular flexibility index (Phi) is 6.88. The molecule has 12 heteroatoms. The van der Waals surface area contributed by atoms with E-state index in [1.165, 1.54) is 11.2 Å². The van der Waals surface area contributed by atoms with E-state index in [4.69, 9.17) is 5.26 Å². The minimum Gasteiger partial charge on any atom is -0.391 e. The number of aliphatic hydroxyl groups is 1. The number of allylic oxidation sites excluding steroid dienone is 3. The fraction of sp³-hybridized carbons (Fsp3) is 0.435. The zero-order valence-corrected chi connectivity index (χ0v) is 18.9. The molecule has 0 aromatic carbocycles. The lowest BCUT2D eigenvalue weighted by molar-refractivity contribution is 0.0745. The van der Waals surface area contributed by atoms with E-state index in [0.29, 0.717) is 18.9 Å². The lowest BCUT2D eigenvalue weighted by atomic mass is 10.0. The minimum absolute atomic E-state index is 0.0803. The number of halogens is 3. The summed E-state index contributed by atoms with van der Waals surface area (Å²) in [6.45, 7) is 4.58. The zero-order chi connectivity index (χ0) is 25.3. The van der Waals surface area contributed by atoms with Gasteiger partial charge in [-0.05, 0) is 31.4 Å². The fourth-order valence-corrected chi connectivity index (χ4v) is 4.58. The van der Waals surface area contributed by atoms with Crippen LogP contribution in [-0.4, -0.2) is 67.0 Å². The number of H-pyrrole nitrogens is 1. The standard InChI is InChI=1S/C23H24F3N7O2/c1-11(3-14(25)4-12(2)24)17-7-15(26)9-33(17)23(35)20-19-21(28-10-29-22(19)32-31-20)30-16-5-13(8-27)6-18(16)34/h3-4,10,13,15-18,34H,1,5-7,9H2,2H3,(H2,28,29,30,31,32)/b12-4+,14-3+/t13-,15+,16-,17-,18-/m1/s1. The second-order valence-corrected chi connectivity index (χ2v) is 8.78. The molecule has 35 heavy (non-hydrogen) atoms. The van der Waals surface area contributed by atoms with Crippen molar-refractivity contribution in [3.8, 4) is 6.07 Å². The van der Waals surface area contributed by atoms with Crippen molar-refractivity contribution >= 4 is 22.8 Å². The van der Waals surface area contributed by atoms with Crippen molar-refractivity contribution in [1.82, 2.24) is 25.1 Å². The summed E-state index contributed by atoms with van der Waals surface area (Å²) in [4.78, 5) is 23.0. The molecule has 4 rings (SSSR count). The fourth-order valence-electron chi connectivity index (χ4n) is 4.58. The number of aromatic nitrogens is 4. The predicted molar refractivity (Wildman–Crippen MR) is 121 cm³/mol. The van der Waals surface area contributed by atoms with Crippen molar-refractivity contribution < 1.29 is 23.1 Å². The van der Waals surface area contributed by atoms with E-state index >= 15 is 0 Å². The van der Waals surface area contributed by atoms with E-state index < -0.39 is 41.9 Å². The average molecular weight is 487 g/mol. The SMILES string of the molecule is C=C(/C=C(F)\C=C(/C)F)[C@H]1C[C@H](F)CN1C(=O)c1n[nH]c2ncnc(N[C@@H]3C[C@@H](C#N)C[C@H]3O)c12. The number of aliphatic hydroxyl groups excluding tert-OH is 1. The number of aromatic amines is 1. The maximum atomic E-state index is 14.4. The lowest BCUT2D eigenvalue weighted by Gasteiger charge is -2.24. The molecule has 9 nitrogen and oxygen atoms in total. The van der Waals surface area contributed by atoms with Gasteiger partial charge < -0.3 is 15.3 Å². The Hall–Kier alpha value is -3.72. The first-order valence-corrected chi connectivity index (χ1v) is 11.1. The summed E-state index contributed by atoms with van der Waals surface area (Å²) in [5.74, 6) is -2.37. The van der Waals surface area contributed by atoms with Crippen molar-refractivity contribution in [2.45, 2.75) is 50.5 Å². The van der Waals surface area contributed by atoms with Gasteiger partial charge >= 0.3 is 0 Å². The van der Waals surface area contributed by atoms with Crippen LogP contribution in [0.15, 0.2) is 42.3 Å². The molecule has 3 heterocycles. The van der Waals surface area contributed by atoms with Gasteiger partial charge in [0, 0.05) is 12.5 Å². The first kappa shape index (κ1) is 24.4. The van der Waals surface area contributed by atoms with Gasteiger partial charge in [0.15, 0.2) is 11.3 Å². The maximum Gasteiger partial charge on any atom is 0.275 e. The molecule has 2 aliphatic rings.